The summed E-state index contributed by atoms with van der Waals surface area (Å²) in [7, 11) is 0. The van der Waals surface area contributed by atoms with E-state index in [1.807, 2.05) is 76.2 Å². The minimum atomic E-state index is -0.194. The van der Waals surface area contributed by atoms with Crippen LogP contribution >= 0.6 is 11.8 Å². The van der Waals surface area contributed by atoms with E-state index in [-0.39, 0.29) is 5.91 Å². The van der Waals surface area contributed by atoms with E-state index in [1.165, 1.54) is 11.8 Å². The molecular formula is C24H23N9OS. The number of rotatable bonds is 6. The van der Waals surface area contributed by atoms with Crippen molar-refractivity contribution in [3.05, 3.63) is 82.4 Å². The van der Waals surface area contributed by atoms with Crippen molar-refractivity contribution in [2.75, 3.05) is 5.32 Å². The Bertz CT molecular complexity index is 1560. The van der Waals surface area contributed by atoms with Gasteiger partial charge in [0, 0.05) is 28.4 Å². The quantitative estimate of drug-likeness (QED) is 0.360. The van der Waals surface area contributed by atoms with Crippen LogP contribution in [0.3, 0.4) is 0 Å². The number of nitrogens with one attached hydrogen (secondary N) is 1. The third kappa shape index (κ3) is 4.62. The standard InChI is InChI=1S/C24H23N9OS/c1-14-9-10-19(12-21(14)33-17(4)28-30-31-33)26-22(34)20-8-6-5-7-18(20)13-35-24-27-23-25-15(2)11-16(3)32(23)29-24/h5-12H,13H2,1-4H3,(H,26,34). The Morgan fingerprint density at radius 1 is 1.03 bits per heavy atom. The number of aromatic nitrogens is 8. The van der Waals surface area contributed by atoms with Crippen LogP contribution in [0, 0.1) is 27.7 Å². The molecule has 0 atom stereocenters. The number of hydrogen-bond acceptors (Lipinski definition) is 8. The highest BCUT2D eigenvalue weighted by Gasteiger charge is 2.15. The molecule has 35 heavy (non-hydrogen) atoms. The summed E-state index contributed by atoms with van der Waals surface area (Å²) in [6.07, 6.45) is 0. The fraction of sp³-hybridized carbons (Fsp3) is 0.208. The number of nitrogens with zero attached hydrogens (tertiary/aromatic N) is 8. The molecule has 10 nitrogen and oxygen atoms in total. The van der Waals surface area contributed by atoms with Gasteiger partial charge in [0.1, 0.15) is 0 Å². The Morgan fingerprint density at radius 2 is 1.86 bits per heavy atom. The lowest BCUT2D eigenvalue weighted by molar-refractivity contribution is 0.102. The molecule has 3 aromatic heterocycles. The molecule has 0 fully saturated rings. The first-order chi connectivity index (χ1) is 16.9. The van der Waals surface area contributed by atoms with E-state index >= 15 is 0 Å². The van der Waals surface area contributed by atoms with Crippen molar-refractivity contribution in [1.82, 2.24) is 39.8 Å². The lowest BCUT2D eigenvalue weighted by Gasteiger charge is -2.12. The maximum absolute atomic E-state index is 13.2. The summed E-state index contributed by atoms with van der Waals surface area (Å²) in [5.41, 5.74) is 5.82. The molecule has 0 aliphatic heterocycles. The van der Waals surface area contributed by atoms with Crippen LogP contribution in [0.1, 0.15) is 38.7 Å². The van der Waals surface area contributed by atoms with E-state index in [2.05, 4.69) is 35.9 Å². The Labute approximate surface area is 205 Å². The molecular weight excluding hydrogens is 462 g/mol. The van der Waals surface area contributed by atoms with Crippen LogP contribution in [0.25, 0.3) is 11.5 Å². The van der Waals surface area contributed by atoms with Crippen LogP contribution in [-0.4, -0.2) is 45.7 Å². The first-order valence-corrected chi connectivity index (χ1v) is 12.0. The molecule has 11 heteroatoms. The molecule has 5 aromatic rings. The molecule has 2 aromatic carbocycles. The largest absolute Gasteiger partial charge is 0.322 e. The zero-order chi connectivity index (χ0) is 24.5. The fourth-order valence-electron chi connectivity index (χ4n) is 3.79. The van der Waals surface area contributed by atoms with Gasteiger partial charge in [-0.25, -0.2) is 9.50 Å². The monoisotopic (exact) mass is 485 g/mol. The van der Waals surface area contributed by atoms with Gasteiger partial charge < -0.3 is 5.32 Å². The average molecular weight is 486 g/mol. The van der Waals surface area contributed by atoms with Crippen LogP contribution in [-0.2, 0) is 5.75 Å². The van der Waals surface area contributed by atoms with Crippen LogP contribution in [0.2, 0.25) is 0 Å². The highest BCUT2D eigenvalue weighted by atomic mass is 32.2. The highest BCUT2D eigenvalue weighted by Crippen LogP contribution is 2.24. The van der Waals surface area contributed by atoms with Crippen molar-refractivity contribution in [2.45, 2.75) is 38.6 Å². The van der Waals surface area contributed by atoms with E-state index in [0.29, 0.717) is 33.8 Å². The molecule has 0 aliphatic rings. The molecule has 1 amide bonds. The summed E-state index contributed by atoms with van der Waals surface area (Å²) < 4.78 is 3.38. The zero-order valence-corrected chi connectivity index (χ0v) is 20.5. The number of aryl methyl sites for hydroxylation is 4. The fourth-order valence-corrected chi connectivity index (χ4v) is 4.61. The molecule has 0 spiro atoms. The summed E-state index contributed by atoms with van der Waals surface area (Å²) in [4.78, 5) is 22.2. The van der Waals surface area contributed by atoms with Crippen LogP contribution < -0.4 is 5.32 Å². The van der Waals surface area contributed by atoms with Crippen LogP contribution in [0.4, 0.5) is 5.69 Å². The van der Waals surface area contributed by atoms with E-state index in [4.69, 9.17) is 0 Å². The molecule has 0 unspecified atom stereocenters. The molecule has 0 aliphatic carbocycles. The summed E-state index contributed by atoms with van der Waals surface area (Å²) in [6.45, 7) is 7.71. The minimum absolute atomic E-state index is 0.194. The Hall–Kier alpha value is -4.12. The van der Waals surface area contributed by atoms with E-state index in [1.54, 1.807) is 9.20 Å². The van der Waals surface area contributed by atoms with E-state index in [9.17, 15) is 4.79 Å². The number of amides is 1. The summed E-state index contributed by atoms with van der Waals surface area (Å²) >= 11 is 1.47. The van der Waals surface area contributed by atoms with Crippen molar-refractivity contribution in [3.8, 4) is 5.69 Å². The third-order valence-electron chi connectivity index (χ3n) is 5.54. The molecule has 1 N–H and O–H groups in total. The summed E-state index contributed by atoms with van der Waals surface area (Å²) in [6, 6.07) is 15.2. The van der Waals surface area contributed by atoms with Gasteiger partial charge >= 0.3 is 0 Å². The molecule has 0 saturated carbocycles. The third-order valence-corrected chi connectivity index (χ3v) is 6.42. The van der Waals surface area contributed by atoms with Gasteiger partial charge in [-0.05, 0) is 73.5 Å². The van der Waals surface area contributed by atoms with Gasteiger partial charge in [-0.2, -0.15) is 9.67 Å². The normalized spacial score (nSPS) is 11.2. The molecule has 0 saturated heterocycles. The van der Waals surface area contributed by atoms with Gasteiger partial charge in [0.05, 0.1) is 5.69 Å². The van der Waals surface area contributed by atoms with Gasteiger partial charge in [0.25, 0.3) is 11.7 Å². The SMILES string of the molecule is Cc1cc(C)n2nc(SCc3ccccc3C(=O)Nc3ccc(C)c(-n4nnnc4C)c3)nc2n1. The number of benzene rings is 2. The van der Waals surface area contributed by atoms with Crippen LogP contribution in [0.15, 0.2) is 53.7 Å². The van der Waals surface area contributed by atoms with Crippen molar-refractivity contribution in [3.63, 3.8) is 0 Å². The number of tetrazole rings is 1. The lowest BCUT2D eigenvalue weighted by atomic mass is 10.1. The van der Waals surface area contributed by atoms with Crippen LogP contribution in [0.5, 0.6) is 0 Å². The maximum atomic E-state index is 13.2. The van der Waals surface area contributed by atoms with Crippen molar-refractivity contribution in [1.29, 1.82) is 0 Å². The smallest absolute Gasteiger partial charge is 0.255 e. The van der Waals surface area contributed by atoms with Gasteiger partial charge in [0.2, 0.25) is 5.16 Å². The number of hydrogen-bond donors (Lipinski definition) is 1. The number of thioether (sulfide) groups is 1. The second kappa shape index (κ2) is 9.26. The second-order valence-corrected chi connectivity index (χ2v) is 9.13. The first kappa shape index (κ1) is 22.7. The molecule has 3 heterocycles. The predicted octanol–water partition coefficient (Wildman–Crippen LogP) is 3.88. The van der Waals surface area contributed by atoms with E-state index < -0.39 is 0 Å². The topological polar surface area (TPSA) is 116 Å². The molecule has 176 valence electrons. The number of fused-ring (bicyclic) bond motifs is 1. The number of anilines is 1. The van der Waals surface area contributed by atoms with Crippen molar-refractivity contribution in [2.24, 2.45) is 0 Å². The second-order valence-electron chi connectivity index (χ2n) is 8.18. The minimum Gasteiger partial charge on any atom is -0.322 e. The summed E-state index contributed by atoms with van der Waals surface area (Å²) in [5.74, 6) is 1.59. The van der Waals surface area contributed by atoms with Gasteiger partial charge in [-0.1, -0.05) is 36.0 Å². The Balaban J connectivity index is 1.35. The predicted molar refractivity (Wildman–Crippen MR) is 133 cm³/mol. The number of carbonyl (C=O) groups is 1. The molecule has 0 radical (unpaired) electrons. The van der Waals surface area contributed by atoms with Gasteiger partial charge in [0.15, 0.2) is 5.82 Å². The number of carbonyl (C=O) groups excluding carboxylic acids is 1. The van der Waals surface area contributed by atoms with Crippen molar-refractivity contribution < 1.29 is 4.79 Å². The molecule has 0 bridgehead atoms. The van der Waals surface area contributed by atoms with Gasteiger partial charge in [-0.3, -0.25) is 4.79 Å². The Kier molecular flexibility index (Phi) is 6.00. The highest BCUT2D eigenvalue weighted by molar-refractivity contribution is 7.98. The first-order valence-electron chi connectivity index (χ1n) is 11.0. The summed E-state index contributed by atoms with van der Waals surface area (Å²) in [5, 5.41) is 19.9. The average Bonchev–Trinajstić information content (AvgIpc) is 3.45. The zero-order valence-electron chi connectivity index (χ0n) is 19.7. The van der Waals surface area contributed by atoms with E-state index in [0.717, 1.165) is 28.2 Å². The molecule has 5 rings (SSSR count). The lowest BCUT2D eigenvalue weighted by Crippen LogP contribution is -2.14. The maximum Gasteiger partial charge on any atom is 0.255 e. The van der Waals surface area contributed by atoms with Gasteiger partial charge in [-0.15, -0.1) is 10.2 Å². The Morgan fingerprint density at radius 3 is 2.66 bits per heavy atom. The van der Waals surface area contributed by atoms with Crippen molar-refractivity contribution >= 4 is 29.1 Å².